The van der Waals surface area contributed by atoms with Crippen molar-refractivity contribution in [1.29, 1.82) is 0 Å². The highest BCUT2D eigenvalue weighted by Crippen LogP contribution is 2.16. The second kappa shape index (κ2) is 14.3. The minimum atomic E-state index is -3.84. The van der Waals surface area contributed by atoms with Gasteiger partial charge in [-0.25, -0.2) is 17.9 Å². The molecule has 0 heterocycles. The Morgan fingerprint density at radius 1 is 1.00 bits per heavy atom. The van der Waals surface area contributed by atoms with Crippen molar-refractivity contribution >= 4 is 27.9 Å². The zero-order chi connectivity index (χ0) is 28.4. The van der Waals surface area contributed by atoms with E-state index in [1.807, 2.05) is 65.0 Å². The van der Waals surface area contributed by atoms with E-state index in [9.17, 15) is 27.9 Å². The number of aliphatic hydroxyl groups is 1. The molecule has 0 bridgehead atoms. The standard InChI is InChI=1S/C25H43N5O6S/c1-16(2)12-13-18(28-24(34)29-25(3,4)5)22(32)19(14-17-10-8-7-9-11-17)27-23(33)20(15-21(26)31)30-37(6,35)36/h7-11,16,18-20,22,30,32H,12-15H2,1-6H3,(H2,26,31)(H,27,33)(H2,28,29,34)/t18?,19-,20-,22-/m0/s1. The van der Waals surface area contributed by atoms with E-state index in [4.69, 9.17) is 5.73 Å². The van der Waals surface area contributed by atoms with Crippen LogP contribution in [0, 0.1) is 5.92 Å². The molecule has 0 aromatic heterocycles. The highest BCUT2D eigenvalue weighted by Gasteiger charge is 2.33. The van der Waals surface area contributed by atoms with Gasteiger partial charge in [-0.1, -0.05) is 44.2 Å². The summed E-state index contributed by atoms with van der Waals surface area (Å²) in [4.78, 5) is 37.3. The summed E-state index contributed by atoms with van der Waals surface area (Å²) >= 11 is 0. The lowest BCUT2D eigenvalue weighted by molar-refractivity contribution is -0.128. The van der Waals surface area contributed by atoms with Gasteiger partial charge in [0.25, 0.3) is 0 Å². The molecule has 0 saturated carbocycles. The maximum absolute atomic E-state index is 13.1. The second-order valence-corrected chi connectivity index (χ2v) is 12.6. The molecule has 0 saturated heterocycles. The van der Waals surface area contributed by atoms with Gasteiger partial charge in [0.15, 0.2) is 0 Å². The van der Waals surface area contributed by atoms with Gasteiger partial charge in [-0.3, -0.25) is 9.59 Å². The van der Waals surface area contributed by atoms with Crippen molar-refractivity contribution in [3.63, 3.8) is 0 Å². The van der Waals surface area contributed by atoms with E-state index in [-0.39, 0.29) is 6.42 Å². The Hall–Kier alpha value is -2.70. The van der Waals surface area contributed by atoms with E-state index >= 15 is 0 Å². The number of hydrogen-bond donors (Lipinski definition) is 6. The van der Waals surface area contributed by atoms with Gasteiger partial charge < -0.3 is 26.8 Å². The number of benzene rings is 1. The van der Waals surface area contributed by atoms with Crippen LogP contribution in [-0.4, -0.2) is 67.4 Å². The van der Waals surface area contributed by atoms with Crippen LogP contribution < -0.4 is 26.4 Å². The lowest BCUT2D eigenvalue weighted by Gasteiger charge is -2.33. The molecule has 0 radical (unpaired) electrons. The first kappa shape index (κ1) is 32.3. The normalized spacial score (nSPS) is 15.4. The molecule has 11 nitrogen and oxygen atoms in total. The molecule has 37 heavy (non-hydrogen) atoms. The van der Waals surface area contributed by atoms with Crippen molar-refractivity contribution in [3.05, 3.63) is 35.9 Å². The van der Waals surface area contributed by atoms with Crippen LogP contribution in [0.2, 0.25) is 0 Å². The van der Waals surface area contributed by atoms with Gasteiger partial charge in [0.2, 0.25) is 21.8 Å². The summed E-state index contributed by atoms with van der Waals surface area (Å²) in [6.45, 7) is 9.54. The third-order valence-electron chi connectivity index (χ3n) is 5.39. The topological polar surface area (TPSA) is 180 Å². The number of nitrogens with two attached hydrogens (primary N) is 1. The molecule has 0 fully saturated rings. The highest BCUT2D eigenvalue weighted by molar-refractivity contribution is 7.88. The number of carbonyl (C=O) groups excluding carboxylic acids is 3. The molecular formula is C25H43N5O6S. The van der Waals surface area contributed by atoms with E-state index in [0.29, 0.717) is 18.8 Å². The third kappa shape index (κ3) is 14.0. The number of carbonyl (C=O) groups is 3. The van der Waals surface area contributed by atoms with E-state index in [1.54, 1.807) is 0 Å². The smallest absolute Gasteiger partial charge is 0.315 e. The summed E-state index contributed by atoms with van der Waals surface area (Å²) in [5.41, 5.74) is 5.52. The molecule has 210 valence electrons. The fourth-order valence-electron chi connectivity index (χ4n) is 3.72. The minimum absolute atomic E-state index is 0.191. The molecule has 0 aliphatic rings. The quantitative estimate of drug-likeness (QED) is 0.202. The molecule has 0 aliphatic heterocycles. The largest absolute Gasteiger partial charge is 0.389 e. The molecule has 7 N–H and O–H groups in total. The first-order valence-corrected chi connectivity index (χ1v) is 14.2. The third-order valence-corrected chi connectivity index (χ3v) is 6.10. The number of nitrogens with one attached hydrogen (secondary N) is 4. The summed E-state index contributed by atoms with van der Waals surface area (Å²) in [6, 6.07) is 5.54. The maximum Gasteiger partial charge on any atom is 0.315 e. The van der Waals surface area contributed by atoms with Crippen LogP contribution in [0.4, 0.5) is 4.79 Å². The van der Waals surface area contributed by atoms with Gasteiger partial charge in [0.1, 0.15) is 6.04 Å². The predicted octanol–water partition coefficient (Wildman–Crippen LogP) is 0.771. The molecule has 1 rings (SSSR count). The Balaban J connectivity index is 3.28. The Labute approximate surface area is 220 Å². The number of primary amides is 1. The predicted molar refractivity (Wildman–Crippen MR) is 143 cm³/mol. The Kier molecular flexibility index (Phi) is 12.5. The Morgan fingerprint density at radius 2 is 1.59 bits per heavy atom. The SMILES string of the molecule is CC(C)CCC(NC(=O)NC(C)(C)C)[C@H](O)[C@H](Cc1ccccc1)NC(=O)[C@H](CC(N)=O)NS(C)(=O)=O. The lowest BCUT2D eigenvalue weighted by Crippen LogP contribution is -2.60. The number of rotatable bonds is 14. The number of urea groups is 1. The highest BCUT2D eigenvalue weighted by atomic mass is 32.2. The van der Waals surface area contributed by atoms with Crippen molar-refractivity contribution in [2.75, 3.05) is 6.26 Å². The van der Waals surface area contributed by atoms with Crippen LogP contribution in [0.15, 0.2) is 30.3 Å². The average molecular weight is 542 g/mol. The van der Waals surface area contributed by atoms with Crippen LogP contribution in [0.1, 0.15) is 59.4 Å². The molecule has 4 amide bonds. The van der Waals surface area contributed by atoms with Gasteiger partial charge in [0.05, 0.1) is 30.9 Å². The summed E-state index contributed by atoms with van der Waals surface area (Å²) in [5, 5.41) is 19.8. The molecule has 0 aliphatic carbocycles. The van der Waals surface area contributed by atoms with Crippen LogP contribution in [-0.2, 0) is 26.0 Å². The molecule has 0 spiro atoms. The average Bonchev–Trinajstić information content (AvgIpc) is 2.73. The first-order valence-electron chi connectivity index (χ1n) is 12.3. The number of amides is 4. The molecule has 1 aromatic carbocycles. The summed E-state index contributed by atoms with van der Waals surface area (Å²) in [7, 11) is -3.84. The van der Waals surface area contributed by atoms with Gasteiger partial charge in [0, 0.05) is 5.54 Å². The monoisotopic (exact) mass is 541 g/mol. The van der Waals surface area contributed by atoms with Crippen molar-refractivity contribution in [3.8, 4) is 0 Å². The van der Waals surface area contributed by atoms with Gasteiger partial charge in [-0.15, -0.1) is 0 Å². The lowest BCUT2D eigenvalue weighted by atomic mass is 9.91. The fraction of sp³-hybridized carbons (Fsp3) is 0.640. The number of hydrogen-bond acceptors (Lipinski definition) is 6. The van der Waals surface area contributed by atoms with E-state index in [2.05, 4.69) is 20.7 Å². The van der Waals surface area contributed by atoms with Gasteiger partial charge in [-0.2, -0.15) is 0 Å². The van der Waals surface area contributed by atoms with E-state index < -0.39 is 64.1 Å². The van der Waals surface area contributed by atoms with Crippen molar-refractivity contribution in [2.24, 2.45) is 11.7 Å². The minimum Gasteiger partial charge on any atom is -0.389 e. The van der Waals surface area contributed by atoms with Crippen LogP contribution in [0.3, 0.4) is 0 Å². The number of aliphatic hydroxyl groups excluding tert-OH is 1. The van der Waals surface area contributed by atoms with Gasteiger partial charge in [-0.05, 0) is 51.5 Å². The van der Waals surface area contributed by atoms with Crippen LogP contribution in [0.5, 0.6) is 0 Å². The van der Waals surface area contributed by atoms with Crippen LogP contribution in [0.25, 0.3) is 0 Å². The first-order chi connectivity index (χ1) is 17.0. The van der Waals surface area contributed by atoms with Gasteiger partial charge >= 0.3 is 6.03 Å². The molecule has 1 unspecified atom stereocenters. The zero-order valence-corrected chi connectivity index (χ0v) is 23.4. The van der Waals surface area contributed by atoms with Crippen LogP contribution >= 0.6 is 0 Å². The van der Waals surface area contributed by atoms with Crippen molar-refractivity contribution in [1.82, 2.24) is 20.7 Å². The van der Waals surface area contributed by atoms with E-state index in [0.717, 1.165) is 11.8 Å². The maximum atomic E-state index is 13.1. The summed E-state index contributed by atoms with van der Waals surface area (Å²) < 4.78 is 25.7. The zero-order valence-electron chi connectivity index (χ0n) is 22.6. The summed E-state index contributed by atoms with van der Waals surface area (Å²) in [5.74, 6) is -1.39. The summed E-state index contributed by atoms with van der Waals surface area (Å²) in [6.07, 6.45) is 0.394. The second-order valence-electron chi connectivity index (χ2n) is 10.8. The molecule has 12 heteroatoms. The number of sulfonamides is 1. The van der Waals surface area contributed by atoms with Crippen molar-refractivity contribution in [2.45, 2.75) is 90.1 Å². The Morgan fingerprint density at radius 3 is 2.08 bits per heavy atom. The fourth-order valence-corrected chi connectivity index (χ4v) is 4.43. The molecule has 1 aromatic rings. The molecular weight excluding hydrogens is 498 g/mol. The Bertz CT molecular complexity index is 995. The van der Waals surface area contributed by atoms with Crippen molar-refractivity contribution < 1.29 is 27.9 Å². The molecule has 4 atom stereocenters. The van der Waals surface area contributed by atoms with E-state index in [1.165, 1.54) is 0 Å².